The number of nitrogens with zero attached hydrogens (tertiary/aromatic N) is 7. The Bertz CT molecular complexity index is 2800. The molecule has 4 aromatic carbocycles. The number of rotatable bonds is 13. The van der Waals surface area contributed by atoms with Crippen LogP contribution in [-0.4, -0.2) is 133 Å². The van der Waals surface area contributed by atoms with E-state index in [0.717, 1.165) is 139 Å². The summed E-state index contributed by atoms with van der Waals surface area (Å²) in [6.07, 6.45) is 15.3. The van der Waals surface area contributed by atoms with Gasteiger partial charge in [0.2, 0.25) is 0 Å². The Balaban J connectivity index is 0.000000176. The van der Waals surface area contributed by atoms with E-state index in [-0.39, 0.29) is 23.2 Å². The topological polar surface area (TPSA) is 134 Å². The molecule has 14 nitrogen and oxygen atoms in total. The van der Waals surface area contributed by atoms with Gasteiger partial charge in [-0.05, 0) is 87.1 Å². The SMILES string of the molecule is C/C(=C\c1ccccc1)CN1CCC(Nc2nccn(-c3cccc(Br)c3)c2=O)CC1.C/C(=C\c1ccccc1)CN1CCC(Nc2nccn(-c3cccc(N4CCOCC4)c3)c2=O)CC1.C1COCCN1. The first kappa shape index (κ1) is 53.1. The molecule has 6 aromatic rings. The maximum atomic E-state index is 13.3. The number of halogens is 1. The highest BCUT2D eigenvalue weighted by molar-refractivity contribution is 9.10. The van der Waals surface area contributed by atoms with Gasteiger partial charge >= 0.3 is 0 Å². The summed E-state index contributed by atoms with van der Waals surface area (Å²) >= 11 is 3.47. The van der Waals surface area contributed by atoms with E-state index in [1.54, 1.807) is 33.9 Å². The molecule has 73 heavy (non-hydrogen) atoms. The van der Waals surface area contributed by atoms with Crippen molar-refractivity contribution in [2.45, 2.75) is 51.6 Å². The number of morpholine rings is 2. The smallest absolute Gasteiger partial charge is 0.297 e. The molecule has 0 amide bonds. The Kier molecular flexibility index (Phi) is 20.2. The van der Waals surface area contributed by atoms with Crippen LogP contribution in [0.2, 0.25) is 0 Å². The lowest BCUT2D eigenvalue weighted by molar-refractivity contribution is 0.109. The van der Waals surface area contributed by atoms with Crippen molar-refractivity contribution in [2.75, 3.05) is 107 Å². The first-order valence-electron chi connectivity index (χ1n) is 25.8. The van der Waals surface area contributed by atoms with Gasteiger partial charge in [-0.15, -0.1) is 0 Å². The minimum absolute atomic E-state index is 0.110. The van der Waals surface area contributed by atoms with Gasteiger partial charge in [0.05, 0.1) is 32.1 Å². The fourth-order valence-corrected chi connectivity index (χ4v) is 9.94. The van der Waals surface area contributed by atoms with E-state index in [9.17, 15) is 9.59 Å². The molecule has 15 heteroatoms. The number of benzene rings is 4. The summed E-state index contributed by atoms with van der Waals surface area (Å²) in [6.45, 7) is 17.4. The summed E-state index contributed by atoms with van der Waals surface area (Å²) in [5.74, 6) is 0.842. The first-order chi connectivity index (χ1) is 35.7. The summed E-state index contributed by atoms with van der Waals surface area (Å²) in [7, 11) is 0. The van der Waals surface area contributed by atoms with E-state index < -0.39 is 0 Å². The standard InChI is InChI=1S/C29H35N5O2.C25H27BrN4O.C4H9NO/c1-23(20-24-6-3-2-4-7-24)22-32-13-10-25(11-14-32)31-28-29(35)34(15-12-30-28)27-9-5-8-26(21-27)33-16-18-36-19-17-33;1-19(16-20-6-3-2-4-7-20)18-29-13-10-22(11-14-29)28-24-25(31)30(15-12-27-24)23-9-5-8-21(26)17-23;1-3-6-4-2-5-1/h2-9,12,15,20-21,25H,10-11,13-14,16-19,22H2,1H3,(H,30,31);2-9,12,15-17,22H,10-11,13-14,18H2,1H3,(H,27,28);5H,1-4H2/b23-20+;19-16+;. The van der Waals surface area contributed by atoms with Crippen LogP contribution in [0.15, 0.2) is 159 Å². The van der Waals surface area contributed by atoms with Gasteiger partial charge in [-0.1, -0.05) is 112 Å². The van der Waals surface area contributed by atoms with E-state index in [2.05, 4.69) is 143 Å². The van der Waals surface area contributed by atoms with Gasteiger partial charge in [-0.3, -0.25) is 28.5 Å². The maximum Gasteiger partial charge on any atom is 0.297 e. The minimum Gasteiger partial charge on any atom is -0.379 e. The molecule has 10 rings (SSSR count). The number of aromatic nitrogens is 4. The normalized spacial score (nSPS) is 17.4. The Labute approximate surface area is 438 Å². The van der Waals surface area contributed by atoms with Gasteiger partial charge in [-0.2, -0.15) is 0 Å². The molecule has 4 saturated heterocycles. The van der Waals surface area contributed by atoms with Crippen LogP contribution in [0, 0.1) is 0 Å². The average Bonchev–Trinajstić information content (AvgIpc) is 3.42. The van der Waals surface area contributed by atoms with E-state index in [0.29, 0.717) is 11.6 Å². The van der Waals surface area contributed by atoms with Gasteiger partial charge in [0, 0.05) is 118 Å². The second-order valence-corrected chi connectivity index (χ2v) is 20.0. The Hall–Kier alpha value is -6.20. The van der Waals surface area contributed by atoms with Gasteiger partial charge < -0.3 is 30.3 Å². The first-order valence-corrected chi connectivity index (χ1v) is 26.6. The fraction of sp³-hybridized carbons (Fsp3) is 0.379. The summed E-state index contributed by atoms with van der Waals surface area (Å²) < 4.78 is 14.7. The predicted octanol–water partition coefficient (Wildman–Crippen LogP) is 8.63. The van der Waals surface area contributed by atoms with Crippen LogP contribution in [0.1, 0.15) is 50.7 Å². The molecular weight excluding hydrogens is 981 g/mol. The van der Waals surface area contributed by atoms with Crippen LogP contribution in [-0.2, 0) is 9.47 Å². The van der Waals surface area contributed by atoms with Crippen molar-refractivity contribution >= 4 is 45.4 Å². The molecule has 4 fully saturated rings. The molecule has 0 saturated carbocycles. The zero-order valence-electron chi connectivity index (χ0n) is 42.4. The van der Waals surface area contributed by atoms with Gasteiger partial charge in [0.25, 0.3) is 11.1 Å². The summed E-state index contributed by atoms with van der Waals surface area (Å²) in [4.78, 5) is 42.2. The number of piperidine rings is 2. The molecule has 6 heterocycles. The van der Waals surface area contributed by atoms with E-state index in [4.69, 9.17) is 9.47 Å². The fourth-order valence-electron chi connectivity index (χ4n) is 9.55. The van der Waals surface area contributed by atoms with Crippen molar-refractivity contribution in [1.29, 1.82) is 0 Å². The highest BCUT2D eigenvalue weighted by Crippen LogP contribution is 2.22. The summed E-state index contributed by atoms with van der Waals surface area (Å²) in [6, 6.07) is 37.2. The van der Waals surface area contributed by atoms with Crippen LogP contribution >= 0.6 is 15.9 Å². The van der Waals surface area contributed by atoms with Crippen LogP contribution in [0.3, 0.4) is 0 Å². The molecule has 0 spiro atoms. The van der Waals surface area contributed by atoms with Crippen molar-refractivity contribution in [3.63, 3.8) is 0 Å². The maximum absolute atomic E-state index is 13.3. The van der Waals surface area contributed by atoms with Gasteiger partial charge in [0.15, 0.2) is 11.6 Å². The van der Waals surface area contributed by atoms with E-state index >= 15 is 0 Å². The molecule has 0 aliphatic carbocycles. The molecular formula is C58H71BrN10O4. The second-order valence-electron chi connectivity index (χ2n) is 19.1. The monoisotopic (exact) mass is 1050 g/mol. The quantitative estimate of drug-likeness (QED) is 0.102. The second kappa shape index (κ2) is 27.7. The van der Waals surface area contributed by atoms with E-state index in [1.165, 1.54) is 22.3 Å². The number of hydrogen-bond acceptors (Lipinski definition) is 12. The predicted molar refractivity (Wildman–Crippen MR) is 300 cm³/mol. The number of hydrogen-bond donors (Lipinski definition) is 3. The lowest BCUT2D eigenvalue weighted by Gasteiger charge is -2.32. The van der Waals surface area contributed by atoms with Crippen molar-refractivity contribution < 1.29 is 9.47 Å². The molecule has 3 N–H and O–H groups in total. The van der Waals surface area contributed by atoms with Crippen LogP contribution in [0.4, 0.5) is 17.3 Å². The third kappa shape index (κ3) is 16.4. The highest BCUT2D eigenvalue weighted by Gasteiger charge is 2.23. The zero-order chi connectivity index (χ0) is 50.6. The van der Waals surface area contributed by atoms with Crippen molar-refractivity contribution in [1.82, 2.24) is 34.2 Å². The summed E-state index contributed by atoms with van der Waals surface area (Å²) in [5.41, 5.74) is 7.76. The Morgan fingerprint density at radius 3 is 1.49 bits per heavy atom. The molecule has 4 aliphatic heterocycles. The van der Waals surface area contributed by atoms with E-state index in [1.807, 2.05) is 48.5 Å². The minimum atomic E-state index is -0.121. The molecule has 0 unspecified atom stereocenters. The largest absolute Gasteiger partial charge is 0.379 e. The summed E-state index contributed by atoms with van der Waals surface area (Å²) in [5, 5.41) is 9.99. The molecule has 384 valence electrons. The third-order valence-electron chi connectivity index (χ3n) is 13.3. The molecule has 0 atom stereocenters. The number of anilines is 3. The van der Waals surface area contributed by atoms with Crippen LogP contribution in [0.5, 0.6) is 0 Å². The average molecular weight is 1050 g/mol. The third-order valence-corrected chi connectivity index (χ3v) is 13.8. The molecule has 0 bridgehead atoms. The van der Waals surface area contributed by atoms with Crippen LogP contribution in [0.25, 0.3) is 23.5 Å². The lowest BCUT2D eigenvalue weighted by atomic mass is 10.0. The van der Waals surface area contributed by atoms with Gasteiger partial charge in [0.1, 0.15) is 0 Å². The van der Waals surface area contributed by atoms with Crippen LogP contribution < -0.4 is 32.0 Å². The Morgan fingerprint density at radius 1 is 0.589 bits per heavy atom. The van der Waals surface area contributed by atoms with Gasteiger partial charge in [-0.25, -0.2) is 9.97 Å². The zero-order valence-corrected chi connectivity index (χ0v) is 44.0. The number of ether oxygens (including phenoxy) is 2. The Morgan fingerprint density at radius 2 is 1.04 bits per heavy atom. The van der Waals surface area contributed by atoms with Crippen molar-refractivity contribution in [2.24, 2.45) is 0 Å². The number of nitrogens with one attached hydrogen (secondary N) is 3. The van der Waals surface area contributed by atoms with Crippen molar-refractivity contribution in [3.05, 3.63) is 181 Å². The lowest BCUT2D eigenvalue weighted by Crippen LogP contribution is -2.41. The highest BCUT2D eigenvalue weighted by atomic mass is 79.9. The molecule has 0 radical (unpaired) electrons. The van der Waals surface area contributed by atoms with Crippen molar-refractivity contribution in [3.8, 4) is 11.4 Å². The molecule has 4 aliphatic rings. The molecule has 2 aromatic heterocycles. The number of likely N-dealkylation sites (tertiary alicyclic amines) is 2.